The van der Waals surface area contributed by atoms with Gasteiger partial charge in [0.1, 0.15) is 17.3 Å². The van der Waals surface area contributed by atoms with Crippen LogP contribution in [0, 0.1) is 5.82 Å². The largest absolute Gasteiger partial charge is 0.497 e. The van der Waals surface area contributed by atoms with Crippen molar-refractivity contribution in [2.45, 2.75) is 6.54 Å². The van der Waals surface area contributed by atoms with E-state index in [-0.39, 0.29) is 12.4 Å². The molecule has 2 aromatic carbocycles. The third kappa shape index (κ3) is 4.45. The molecule has 0 aliphatic rings. The molecule has 2 aromatic rings. The van der Waals surface area contributed by atoms with E-state index in [1.54, 1.807) is 18.2 Å². The molecule has 0 aliphatic carbocycles. The van der Waals surface area contributed by atoms with Gasteiger partial charge in [0.05, 0.1) is 19.9 Å². The number of halogens is 1. The number of nitrogens with one attached hydrogen (secondary N) is 2. The maximum atomic E-state index is 12.8. The number of benzene rings is 2. The van der Waals surface area contributed by atoms with Crippen molar-refractivity contribution >= 4 is 17.5 Å². The third-order valence-corrected chi connectivity index (χ3v) is 3.23. The molecule has 0 aromatic heterocycles. The quantitative estimate of drug-likeness (QED) is 0.822. The van der Waals surface area contributed by atoms with Gasteiger partial charge in [-0.3, -0.25) is 9.59 Å². The lowest BCUT2D eigenvalue weighted by molar-refractivity contribution is -0.136. The Hall–Kier alpha value is -3.09. The first-order chi connectivity index (χ1) is 11.5. The molecule has 0 saturated heterocycles. The third-order valence-electron chi connectivity index (χ3n) is 3.23. The van der Waals surface area contributed by atoms with Crippen LogP contribution in [-0.2, 0) is 16.1 Å². The van der Waals surface area contributed by atoms with E-state index in [1.165, 1.54) is 38.5 Å². The number of hydrogen-bond donors (Lipinski definition) is 2. The molecule has 0 spiro atoms. The monoisotopic (exact) mass is 332 g/mol. The fraction of sp³-hybridized carbons (Fsp3) is 0.176. The maximum absolute atomic E-state index is 12.8. The minimum atomic E-state index is -0.844. The molecule has 0 heterocycles. The van der Waals surface area contributed by atoms with E-state index in [0.29, 0.717) is 22.7 Å². The zero-order chi connectivity index (χ0) is 17.5. The summed E-state index contributed by atoms with van der Waals surface area (Å²) in [4.78, 5) is 23.8. The van der Waals surface area contributed by atoms with Crippen LogP contribution >= 0.6 is 0 Å². The average molecular weight is 332 g/mol. The van der Waals surface area contributed by atoms with E-state index in [9.17, 15) is 14.0 Å². The summed E-state index contributed by atoms with van der Waals surface area (Å²) in [5.74, 6) is -1.12. The molecule has 0 atom stereocenters. The van der Waals surface area contributed by atoms with Gasteiger partial charge in [0.2, 0.25) is 0 Å². The van der Waals surface area contributed by atoms with E-state index in [2.05, 4.69) is 10.6 Å². The van der Waals surface area contributed by atoms with Crippen LogP contribution in [0.1, 0.15) is 5.56 Å². The lowest BCUT2D eigenvalue weighted by atomic mass is 10.2. The fourth-order valence-corrected chi connectivity index (χ4v) is 1.96. The molecule has 126 valence electrons. The van der Waals surface area contributed by atoms with Gasteiger partial charge in [0.25, 0.3) is 0 Å². The van der Waals surface area contributed by atoms with E-state index >= 15 is 0 Å². The molecule has 0 aliphatic heterocycles. The first kappa shape index (κ1) is 17.3. The number of hydrogen-bond acceptors (Lipinski definition) is 4. The lowest BCUT2D eigenvalue weighted by Crippen LogP contribution is -2.35. The van der Waals surface area contributed by atoms with Gasteiger partial charge in [0.15, 0.2) is 0 Å². The standard InChI is InChI=1S/C17H17FN2O4/c1-23-13-7-8-15(24-2)14(9-13)20-17(22)16(21)19-10-11-3-5-12(18)6-4-11/h3-9H,10H2,1-2H3,(H,19,21)(H,20,22). The summed E-state index contributed by atoms with van der Waals surface area (Å²) in [6.45, 7) is 0.113. The normalized spacial score (nSPS) is 9.96. The lowest BCUT2D eigenvalue weighted by Gasteiger charge is -2.11. The smallest absolute Gasteiger partial charge is 0.313 e. The SMILES string of the molecule is COc1ccc(OC)c(NC(=O)C(=O)NCc2ccc(F)cc2)c1. The topological polar surface area (TPSA) is 76.7 Å². The molecule has 7 heteroatoms. The van der Waals surface area contributed by atoms with Crippen LogP contribution in [0.2, 0.25) is 0 Å². The molecule has 0 fully saturated rings. The Kier molecular flexibility index (Phi) is 5.73. The Labute approximate surface area is 138 Å². The second-order valence-corrected chi connectivity index (χ2v) is 4.83. The molecule has 0 radical (unpaired) electrons. The minimum absolute atomic E-state index is 0.113. The van der Waals surface area contributed by atoms with Crippen molar-refractivity contribution in [3.05, 3.63) is 53.8 Å². The summed E-state index contributed by atoms with van der Waals surface area (Å²) in [6.07, 6.45) is 0. The summed E-state index contributed by atoms with van der Waals surface area (Å²) < 4.78 is 23.0. The highest BCUT2D eigenvalue weighted by Gasteiger charge is 2.16. The Bertz CT molecular complexity index is 732. The summed E-state index contributed by atoms with van der Waals surface area (Å²) in [7, 11) is 2.94. The van der Waals surface area contributed by atoms with Crippen molar-refractivity contribution < 1.29 is 23.5 Å². The predicted octanol–water partition coefficient (Wildman–Crippen LogP) is 2.10. The first-order valence-corrected chi connectivity index (χ1v) is 7.09. The highest BCUT2D eigenvalue weighted by molar-refractivity contribution is 6.39. The van der Waals surface area contributed by atoms with Gasteiger partial charge in [-0.2, -0.15) is 0 Å². The summed E-state index contributed by atoms with van der Waals surface area (Å²) in [5, 5.41) is 4.92. The molecule has 24 heavy (non-hydrogen) atoms. The molecular formula is C17H17FN2O4. The van der Waals surface area contributed by atoms with Crippen molar-refractivity contribution in [2.75, 3.05) is 19.5 Å². The van der Waals surface area contributed by atoms with E-state index < -0.39 is 11.8 Å². The van der Waals surface area contributed by atoms with Crippen molar-refractivity contribution in [3.63, 3.8) is 0 Å². The zero-order valence-corrected chi connectivity index (χ0v) is 13.3. The van der Waals surface area contributed by atoms with Gasteiger partial charge in [-0.1, -0.05) is 12.1 Å². The Morgan fingerprint density at radius 3 is 2.33 bits per heavy atom. The maximum Gasteiger partial charge on any atom is 0.313 e. The number of methoxy groups -OCH3 is 2. The van der Waals surface area contributed by atoms with Crippen LogP contribution in [0.4, 0.5) is 10.1 Å². The average Bonchev–Trinajstić information content (AvgIpc) is 2.60. The zero-order valence-electron chi connectivity index (χ0n) is 13.3. The van der Waals surface area contributed by atoms with E-state index in [4.69, 9.17) is 9.47 Å². The number of anilines is 1. The molecule has 2 N–H and O–H groups in total. The summed E-state index contributed by atoms with van der Waals surface area (Å²) in [6, 6.07) is 10.4. The van der Waals surface area contributed by atoms with Gasteiger partial charge in [-0.25, -0.2) is 4.39 Å². The first-order valence-electron chi connectivity index (χ1n) is 7.09. The van der Waals surface area contributed by atoms with Gasteiger partial charge >= 0.3 is 11.8 Å². The van der Waals surface area contributed by atoms with Crippen molar-refractivity contribution in [1.82, 2.24) is 5.32 Å². The Morgan fingerprint density at radius 2 is 1.71 bits per heavy atom. The molecule has 6 nitrogen and oxygen atoms in total. The highest BCUT2D eigenvalue weighted by Crippen LogP contribution is 2.28. The van der Waals surface area contributed by atoms with Crippen LogP contribution < -0.4 is 20.1 Å². The molecular weight excluding hydrogens is 315 g/mol. The Balaban J connectivity index is 1.98. The summed E-state index contributed by atoms with van der Waals surface area (Å²) >= 11 is 0. The number of carbonyl (C=O) groups is 2. The van der Waals surface area contributed by atoms with E-state index in [0.717, 1.165) is 0 Å². The van der Waals surface area contributed by atoms with Crippen LogP contribution in [0.15, 0.2) is 42.5 Å². The predicted molar refractivity (Wildman–Crippen MR) is 86.4 cm³/mol. The van der Waals surface area contributed by atoms with Crippen LogP contribution in [0.25, 0.3) is 0 Å². The molecule has 2 amide bonds. The number of amides is 2. The second kappa shape index (κ2) is 7.96. The summed E-state index contributed by atoms with van der Waals surface area (Å²) in [5.41, 5.74) is 0.996. The Morgan fingerprint density at radius 1 is 1.00 bits per heavy atom. The van der Waals surface area contributed by atoms with Crippen LogP contribution in [0.3, 0.4) is 0 Å². The molecule has 0 saturated carbocycles. The molecule has 0 unspecified atom stereocenters. The van der Waals surface area contributed by atoms with Crippen molar-refractivity contribution in [2.24, 2.45) is 0 Å². The second-order valence-electron chi connectivity index (χ2n) is 4.83. The fourth-order valence-electron chi connectivity index (χ4n) is 1.96. The van der Waals surface area contributed by atoms with Gasteiger partial charge < -0.3 is 20.1 Å². The number of rotatable bonds is 5. The van der Waals surface area contributed by atoms with Crippen molar-refractivity contribution in [1.29, 1.82) is 0 Å². The van der Waals surface area contributed by atoms with Crippen molar-refractivity contribution in [3.8, 4) is 11.5 Å². The molecule has 0 bridgehead atoms. The van der Waals surface area contributed by atoms with Crippen LogP contribution in [0.5, 0.6) is 11.5 Å². The van der Waals surface area contributed by atoms with Gasteiger partial charge in [0, 0.05) is 12.6 Å². The number of ether oxygens (including phenoxy) is 2. The number of carbonyl (C=O) groups excluding carboxylic acids is 2. The molecule has 2 rings (SSSR count). The highest BCUT2D eigenvalue weighted by atomic mass is 19.1. The van der Waals surface area contributed by atoms with Crippen LogP contribution in [-0.4, -0.2) is 26.0 Å². The van der Waals surface area contributed by atoms with Gasteiger partial charge in [-0.15, -0.1) is 0 Å². The minimum Gasteiger partial charge on any atom is -0.497 e. The van der Waals surface area contributed by atoms with E-state index in [1.807, 2.05) is 0 Å². The van der Waals surface area contributed by atoms with Gasteiger partial charge in [-0.05, 0) is 29.8 Å².